The first kappa shape index (κ1) is 7.76. The summed E-state index contributed by atoms with van der Waals surface area (Å²) in [4.78, 5) is 3.67. The number of rotatable bonds is 1. The Kier molecular flexibility index (Phi) is 2.46. The first-order valence-electron chi connectivity index (χ1n) is 2.60. The molecular formula is C6H4Cl2FN. The molecule has 10 heavy (non-hydrogen) atoms. The van der Waals surface area contributed by atoms with E-state index in [0.29, 0.717) is 5.02 Å². The second-order valence-electron chi connectivity index (χ2n) is 1.69. The zero-order valence-corrected chi connectivity index (χ0v) is 6.45. The predicted octanol–water partition coefficient (Wildman–Crippen LogP) is 2.86. The summed E-state index contributed by atoms with van der Waals surface area (Å²) in [6, 6.07) is 1.52. The van der Waals surface area contributed by atoms with Gasteiger partial charge in [-0.15, -0.1) is 0 Å². The quantitative estimate of drug-likeness (QED) is 0.647. The molecule has 0 aromatic carbocycles. The zero-order chi connectivity index (χ0) is 7.56. The summed E-state index contributed by atoms with van der Waals surface area (Å²) < 4.78 is 12.0. The van der Waals surface area contributed by atoms with Gasteiger partial charge in [0, 0.05) is 6.20 Å². The van der Waals surface area contributed by atoms with Crippen molar-refractivity contribution < 1.29 is 4.39 Å². The summed E-state index contributed by atoms with van der Waals surface area (Å²) in [5, 5.41) is 0.538. The van der Waals surface area contributed by atoms with E-state index in [1.54, 1.807) is 0 Å². The summed E-state index contributed by atoms with van der Waals surface area (Å²) in [5.41, 5.74) is 0.189. The lowest BCUT2D eigenvalue weighted by molar-refractivity contribution is 0.476. The van der Waals surface area contributed by atoms with Crippen LogP contribution in [0.25, 0.3) is 0 Å². The van der Waals surface area contributed by atoms with E-state index in [9.17, 15) is 4.39 Å². The van der Waals surface area contributed by atoms with E-state index in [1.807, 2.05) is 0 Å². The van der Waals surface area contributed by atoms with Gasteiger partial charge < -0.3 is 0 Å². The van der Waals surface area contributed by atoms with Crippen molar-refractivity contribution in [1.29, 1.82) is 0 Å². The first-order chi connectivity index (χ1) is 4.75. The molecule has 0 unspecified atom stereocenters. The van der Waals surface area contributed by atoms with E-state index in [-0.39, 0.29) is 10.7 Å². The highest BCUT2D eigenvalue weighted by Crippen LogP contribution is 2.23. The Morgan fingerprint density at radius 2 is 2.20 bits per heavy atom. The Bertz CT molecular complexity index is 239. The number of halogens is 3. The SMILES string of the molecule is FCc1nccc(Cl)c1Cl. The Balaban J connectivity index is 3.14. The van der Waals surface area contributed by atoms with Crippen molar-refractivity contribution in [3.63, 3.8) is 0 Å². The van der Waals surface area contributed by atoms with E-state index in [4.69, 9.17) is 23.2 Å². The molecule has 0 saturated carbocycles. The lowest BCUT2D eigenvalue weighted by atomic mass is 10.4. The average molecular weight is 180 g/mol. The molecule has 4 heteroatoms. The van der Waals surface area contributed by atoms with Gasteiger partial charge in [-0.25, -0.2) is 4.39 Å². The fourth-order valence-electron chi connectivity index (χ4n) is 0.554. The van der Waals surface area contributed by atoms with Gasteiger partial charge in [-0.3, -0.25) is 4.98 Å². The maximum Gasteiger partial charge on any atom is 0.133 e. The first-order valence-corrected chi connectivity index (χ1v) is 3.36. The molecule has 1 heterocycles. The van der Waals surface area contributed by atoms with E-state index < -0.39 is 6.67 Å². The lowest BCUT2D eigenvalue weighted by Gasteiger charge is -1.97. The molecule has 0 bridgehead atoms. The van der Waals surface area contributed by atoms with Crippen molar-refractivity contribution in [3.05, 3.63) is 28.0 Å². The van der Waals surface area contributed by atoms with Crippen molar-refractivity contribution >= 4 is 23.2 Å². The average Bonchev–Trinajstić information content (AvgIpc) is 1.95. The highest BCUT2D eigenvalue weighted by atomic mass is 35.5. The second kappa shape index (κ2) is 3.17. The van der Waals surface area contributed by atoms with Crippen LogP contribution in [0.3, 0.4) is 0 Å². The van der Waals surface area contributed by atoms with Crippen LogP contribution in [-0.4, -0.2) is 4.98 Å². The van der Waals surface area contributed by atoms with Crippen LogP contribution < -0.4 is 0 Å². The monoisotopic (exact) mass is 179 g/mol. The molecule has 0 N–H and O–H groups in total. The fraction of sp³-hybridized carbons (Fsp3) is 0.167. The highest BCUT2D eigenvalue weighted by molar-refractivity contribution is 6.42. The maximum absolute atomic E-state index is 12.0. The molecule has 54 valence electrons. The summed E-state index contributed by atoms with van der Waals surface area (Å²) >= 11 is 11.1. The summed E-state index contributed by atoms with van der Waals surface area (Å²) in [6.07, 6.45) is 1.42. The lowest BCUT2D eigenvalue weighted by Crippen LogP contribution is -1.86. The molecule has 0 spiro atoms. The minimum Gasteiger partial charge on any atom is -0.257 e. The predicted molar refractivity (Wildman–Crippen MR) is 39.1 cm³/mol. The number of nitrogens with zero attached hydrogens (tertiary/aromatic N) is 1. The molecule has 1 aromatic rings. The molecule has 1 rings (SSSR count). The number of hydrogen-bond donors (Lipinski definition) is 0. The molecule has 0 radical (unpaired) electrons. The smallest absolute Gasteiger partial charge is 0.133 e. The molecule has 0 atom stereocenters. The molecule has 1 nitrogen and oxygen atoms in total. The van der Waals surface area contributed by atoms with E-state index in [0.717, 1.165) is 0 Å². The number of hydrogen-bond acceptors (Lipinski definition) is 1. The molecule has 0 saturated heterocycles. The van der Waals surface area contributed by atoms with Crippen LogP contribution in [0.5, 0.6) is 0 Å². The van der Waals surface area contributed by atoms with Crippen LogP contribution in [0.2, 0.25) is 10.0 Å². The van der Waals surface area contributed by atoms with Gasteiger partial charge in [-0.2, -0.15) is 0 Å². The van der Waals surface area contributed by atoms with Crippen molar-refractivity contribution in [2.24, 2.45) is 0 Å². The van der Waals surface area contributed by atoms with Crippen LogP contribution >= 0.6 is 23.2 Å². The Morgan fingerprint density at radius 3 is 2.70 bits per heavy atom. The van der Waals surface area contributed by atoms with Crippen molar-refractivity contribution in [2.75, 3.05) is 0 Å². The van der Waals surface area contributed by atoms with Gasteiger partial charge in [-0.05, 0) is 6.07 Å². The zero-order valence-electron chi connectivity index (χ0n) is 4.94. The molecule has 0 aliphatic rings. The summed E-state index contributed by atoms with van der Waals surface area (Å²) in [5.74, 6) is 0. The second-order valence-corrected chi connectivity index (χ2v) is 2.47. The van der Waals surface area contributed by atoms with Crippen LogP contribution in [0.4, 0.5) is 4.39 Å². The normalized spacial score (nSPS) is 9.90. The van der Waals surface area contributed by atoms with Crippen molar-refractivity contribution in [2.45, 2.75) is 6.67 Å². The van der Waals surface area contributed by atoms with Crippen LogP contribution in [0.15, 0.2) is 12.3 Å². The van der Waals surface area contributed by atoms with Gasteiger partial charge in [0.05, 0.1) is 15.7 Å². The third kappa shape index (κ3) is 1.39. The van der Waals surface area contributed by atoms with Crippen molar-refractivity contribution in [1.82, 2.24) is 4.98 Å². The van der Waals surface area contributed by atoms with Crippen LogP contribution in [0.1, 0.15) is 5.69 Å². The molecule has 0 aliphatic heterocycles. The Hall–Kier alpha value is -0.340. The molecule has 1 aromatic heterocycles. The Morgan fingerprint density at radius 1 is 1.50 bits per heavy atom. The largest absolute Gasteiger partial charge is 0.257 e. The van der Waals surface area contributed by atoms with E-state index in [1.165, 1.54) is 12.3 Å². The van der Waals surface area contributed by atoms with Gasteiger partial charge >= 0.3 is 0 Å². The number of pyridine rings is 1. The highest BCUT2D eigenvalue weighted by Gasteiger charge is 2.03. The summed E-state index contributed by atoms with van der Waals surface area (Å²) in [6.45, 7) is -0.681. The summed E-state index contributed by atoms with van der Waals surface area (Å²) in [7, 11) is 0. The van der Waals surface area contributed by atoms with E-state index >= 15 is 0 Å². The van der Waals surface area contributed by atoms with Gasteiger partial charge in [-0.1, -0.05) is 23.2 Å². The molecule has 0 fully saturated rings. The minimum absolute atomic E-state index is 0.189. The Labute approximate surface area is 67.8 Å². The maximum atomic E-state index is 12.0. The van der Waals surface area contributed by atoms with Gasteiger partial charge in [0.15, 0.2) is 0 Å². The van der Waals surface area contributed by atoms with Crippen molar-refractivity contribution in [3.8, 4) is 0 Å². The third-order valence-electron chi connectivity index (χ3n) is 1.04. The van der Waals surface area contributed by atoms with Gasteiger partial charge in [0.25, 0.3) is 0 Å². The third-order valence-corrected chi connectivity index (χ3v) is 1.87. The van der Waals surface area contributed by atoms with E-state index in [2.05, 4.69) is 4.98 Å². The fourth-order valence-corrected chi connectivity index (χ4v) is 0.881. The van der Waals surface area contributed by atoms with Crippen LogP contribution in [0, 0.1) is 0 Å². The molecule has 0 aliphatic carbocycles. The standard InChI is InChI=1S/C6H4Cl2FN/c7-4-1-2-10-5(3-9)6(4)8/h1-2H,3H2. The number of alkyl halides is 1. The van der Waals surface area contributed by atoms with Crippen LogP contribution in [-0.2, 0) is 6.67 Å². The molecule has 0 amide bonds. The number of aromatic nitrogens is 1. The topological polar surface area (TPSA) is 12.9 Å². The molecular weight excluding hydrogens is 176 g/mol. The van der Waals surface area contributed by atoms with Gasteiger partial charge in [0.2, 0.25) is 0 Å². The minimum atomic E-state index is -0.681. The van der Waals surface area contributed by atoms with Gasteiger partial charge in [0.1, 0.15) is 6.67 Å².